The Hall–Kier alpha value is -0.980. The second-order valence-corrected chi connectivity index (χ2v) is 4.63. The van der Waals surface area contributed by atoms with Crippen molar-refractivity contribution < 1.29 is 14.6 Å². The zero-order chi connectivity index (χ0) is 12.0. The van der Waals surface area contributed by atoms with Gasteiger partial charge in [0, 0.05) is 13.7 Å². The fourth-order valence-corrected chi connectivity index (χ4v) is 1.88. The highest BCUT2D eigenvalue weighted by Crippen LogP contribution is 2.10. The van der Waals surface area contributed by atoms with E-state index in [4.69, 9.17) is 4.74 Å². The van der Waals surface area contributed by atoms with Gasteiger partial charge in [0.05, 0.1) is 23.9 Å². The summed E-state index contributed by atoms with van der Waals surface area (Å²) >= 11 is 1.35. The predicted octanol–water partition coefficient (Wildman–Crippen LogP) is 0.579. The molecule has 5 nitrogen and oxygen atoms in total. The largest absolute Gasteiger partial charge is 0.391 e. The number of hydrogen-bond acceptors (Lipinski definition) is 5. The van der Waals surface area contributed by atoms with Gasteiger partial charge >= 0.3 is 0 Å². The molecule has 1 aromatic rings. The molecule has 0 aromatic carbocycles. The fraction of sp³-hybridized carbons (Fsp3) is 0.600. The van der Waals surface area contributed by atoms with Crippen LogP contribution in [0.25, 0.3) is 0 Å². The van der Waals surface area contributed by atoms with Crippen molar-refractivity contribution in [2.24, 2.45) is 0 Å². The molecule has 0 spiro atoms. The van der Waals surface area contributed by atoms with E-state index in [1.807, 2.05) is 6.92 Å². The van der Waals surface area contributed by atoms with Crippen LogP contribution in [0, 0.1) is 6.92 Å². The highest BCUT2D eigenvalue weighted by Gasteiger charge is 2.09. The third-order valence-corrected chi connectivity index (χ3v) is 2.88. The van der Waals surface area contributed by atoms with Crippen molar-refractivity contribution in [1.29, 1.82) is 0 Å². The molecule has 0 fully saturated rings. The number of aliphatic hydroxyl groups is 1. The molecule has 0 bridgehead atoms. The van der Waals surface area contributed by atoms with Gasteiger partial charge in [0.15, 0.2) is 0 Å². The smallest absolute Gasteiger partial charge is 0.263 e. The first kappa shape index (κ1) is 13.1. The van der Waals surface area contributed by atoms with E-state index in [9.17, 15) is 9.90 Å². The lowest BCUT2D eigenvalue weighted by Crippen LogP contribution is -2.27. The standard InChI is InChI=1S/C10H16N2O3S/c1-7-12-5-9(16-7)10(14)11-4-3-8(13)6-15-2/h5,8,13H,3-4,6H2,1-2H3,(H,11,14). The highest BCUT2D eigenvalue weighted by molar-refractivity contribution is 7.13. The topological polar surface area (TPSA) is 71.5 Å². The van der Waals surface area contributed by atoms with Gasteiger partial charge in [-0.2, -0.15) is 0 Å². The summed E-state index contributed by atoms with van der Waals surface area (Å²) in [6, 6.07) is 0. The van der Waals surface area contributed by atoms with Gasteiger partial charge < -0.3 is 15.2 Å². The maximum Gasteiger partial charge on any atom is 0.263 e. The first-order valence-corrected chi connectivity index (χ1v) is 5.82. The molecule has 0 radical (unpaired) electrons. The number of thiazole rings is 1. The zero-order valence-corrected chi connectivity index (χ0v) is 10.2. The van der Waals surface area contributed by atoms with Crippen molar-refractivity contribution >= 4 is 17.2 Å². The van der Waals surface area contributed by atoms with Gasteiger partial charge in [-0.1, -0.05) is 0 Å². The Morgan fingerprint density at radius 3 is 3.06 bits per heavy atom. The Balaban J connectivity index is 2.25. The van der Waals surface area contributed by atoms with Gasteiger partial charge in [-0.3, -0.25) is 4.79 Å². The maximum atomic E-state index is 11.5. The van der Waals surface area contributed by atoms with Crippen LogP contribution < -0.4 is 5.32 Å². The molecule has 1 aromatic heterocycles. The van der Waals surface area contributed by atoms with Crippen LogP contribution in [0.2, 0.25) is 0 Å². The summed E-state index contributed by atoms with van der Waals surface area (Å²) in [5.41, 5.74) is 0. The number of nitrogens with one attached hydrogen (secondary N) is 1. The van der Waals surface area contributed by atoms with Gasteiger partial charge in [-0.05, 0) is 13.3 Å². The predicted molar refractivity (Wildman–Crippen MR) is 61.7 cm³/mol. The van der Waals surface area contributed by atoms with Gasteiger partial charge in [0.1, 0.15) is 4.88 Å². The minimum Gasteiger partial charge on any atom is -0.391 e. The summed E-state index contributed by atoms with van der Waals surface area (Å²) < 4.78 is 4.78. The molecule has 1 atom stereocenters. The molecule has 2 N–H and O–H groups in total. The van der Waals surface area contributed by atoms with Crippen LogP contribution in [0.5, 0.6) is 0 Å². The number of amides is 1. The van der Waals surface area contributed by atoms with Crippen molar-refractivity contribution in [2.45, 2.75) is 19.4 Å². The van der Waals surface area contributed by atoms with E-state index in [2.05, 4.69) is 10.3 Å². The van der Waals surface area contributed by atoms with Crippen LogP contribution in [0.4, 0.5) is 0 Å². The summed E-state index contributed by atoms with van der Waals surface area (Å²) in [4.78, 5) is 16.1. The third kappa shape index (κ3) is 4.26. The number of aliphatic hydroxyl groups excluding tert-OH is 1. The van der Waals surface area contributed by atoms with Crippen LogP contribution in [0.15, 0.2) is 6.20 Å². The van der Waals surface area contributed by atoms with Crippen molar-refractivity contribution in [2.75, 3.05) is 20.3 Å². The van der Waals surface area contributed by atoms with Gasteiger partial charge in [0.25, 0.3) is 5.91 Å². The number of carbonyl (C=O) groups is 1. The number of aryl methyl sites for hydroxylation is 1. The number of aromatic nitrogens is 1. The monoisotopic (exact) mass is 244 g/mol. The SMILES string of the molecule is COCC(O)CCNC(=O)c1cnc(C)s1. The number of methoxy groups -OCH3 is 1. The molecular formula is C10H16N2O3S. The molecule has 1 heterocycles. The second kappa shape index (κ2) is 6.57. The molecule has 6 heteroatoms. The van der Waals surface area contributed by atoms with Crippen molar-refractivity contribution in [1.82, 2.24) is 10.3 Å². The average molecular weight is 244 g/mol. The molecule has 0 saturated heterocycles. The van der Waals surface area contributed by atoms with Crippen LogP contribution in [-0.4, -0.2) is 42.4 Å². The molecule has 0 aliphatic rings. The van der Waals surface area contributed by atoms with Crippen LogP contribution in [0.3, 0.4) is 0 Å². The highest BCUT2D eigenvalue weighted by atomic mass is 32.1. The first-order valence-electron chi connectivity index (χ1n) is 5.01. The van der Waals surface area contributed by atoms with Crippen molar-refractivity contribution in [3.05, 3.63) is 16.1 Å². The van der Waals surface area contributed by atoms with Crippen LogP contribution in [-0.2, 0) is 4.74 Å². The maximum absolute atomic E-state index is 11.5. The summed E-state index contributed by atoms with van der Waals surface area (Å²) in [7, 11) is 1.53. The van der Waals surface area contributed by atoms with Crippen LogP contribution >= 0.6 is 11.3 Å². The Bertz CT molecular complexity index is 341. The molecule has 1 amide bonds. The quantitative estimate of drug-likeness (QED) is 0.768. The molecule has 1 unspecified atom stereocenters. The van der Waals surface area contributed by atoms with E-state index in [1.165, 1.54) is 18.4 Å². The van der Waals surface area contributed by atoms with Gasteiger partial charge in [-0.15, -0.1) is 11.3 Å². The fourth-order valence-electron chi connectivity index (χ4n) is 1.18. The van der Waals surface area contributed by atoms with Gasteiger partial charge in [0.2, 0.25) is 0 Å². The lowest BCUT2D eigenvalue weighted by molar-refractivity contribution is 0.0588. The third-order valence-electron chi connectivity index (χ3n) is 1.97. The number of ether oxygens (including phenoxy) is 1. The van der Waals surface area contributed by atoms with E-state index < -0.39 is 6.10 Å². The summed E-state index contributed by atoms with van der Waals surface area (Å²) in [6.07, 6.45) is 1.51. The summed E-state index contributed by atoms with van der Waals surface area (Å²) in [5.74, 6) is -0.143. The van der Waals surface area contributed by atoms with E-state index in [1.54, 1.807) is 6.20 Å². The van der Waals surface area contributed by atoms with Gasteiger partial charge in [-0.25, -0.2) is 4.98 Å². The molecule has 90 valence electrons. The van der Waals surface area contributed by atoms with E-state index in [-0.39, 0.29) is 12.5 Å². The first-order chi connectivity index (χ1) is 7.63. The molecular weight excluding hydrogens is 228 g/mol. The minimum atomic E-state index is -0.534. The zero-order valence-electron chi connectivity index (χ0n) is 9.40. The number of rotatable bonds is 6. The molecule has 1 rings (SSSR count). The molecule has 0 aliphatic heterocycles. The lowest BCUT2D eigenvalue weighted by atomic mass is 10.2. The normalized spacial score (nSPS) is 12.4. The van der Waals surface area contributed by atoms with E-state index >= 15 is 0 Å². The summed E-state index contributed by atoms with van der Waals surface area (Å²) in [6.45, 7) is 2.57. The number of nitrogens with zero attached hydrogens (tertiary/aromatic N) is 1. The van der Waals surface area contributed by atoms with Crippen molar-refractivity contribution in [3.8, 4) is 0 Å². The number of carbonyl (C=O) groups excluding carboxylic acids is 1. The number of hydrogen-bond donors (Lipinski definition) is 2. The van der Waals surface area contributed by atoms with E-state index in [0.717, 1.165) is 5.01 Å². The van der Waals surface area contributed by atoms with Crippen LogP contribution in [0.1, 0.15) is 21.1 Å². The summed E-state index contributed by atoms with van der Waals surface area (Å²) in [5, 5.41) is 12.9. The van der Waals surface area contributed by atoms with E-state index in [0.29, 0.717) is 17.8 Å². The Labute approximate surface area is 98.5 Å². The lowest BCUT2D eigenvalue weighted by Gasteiger charge is -2.09. The average Bonchev–Trinajstić information content (AvgIpc) is 2.65. The Morgan fingerprint density at radius 1 is 1.75 bits per heavy atom. The Kier molecular flexibility index (Phi) is 5.37. The van der Waals surface area contributed by atoms with Crippen molar-refractivity contribution in [3.63, 3.8) is 0 Å². The second-order valence-electron chi connectivity index (χ2n) is 3.40. The Morgan fingerprint density at radius 2 is 2.50 bits per heavy atom. The molecule has 0 aliphatic carbocycles. The minimum absolute atomic E-state index is 0.143. The molecule has 0 saturated carbocycles. The molecule has 16 heavy (non-hydrogen) atoms.